The SMILES string of the molecule is c1ccc(-c2ccc3c(c2)c2ccccc2n3-c2cccc(-c3cccc(-c4ccc5oc6cccnc6c5c4)c3)c2)cc1. The molecule has 0 radical (unpaired) electrons. The van der Waals surface area contributed by atoms with Crippen molar-refractivity contribution in [2.45, 2.75) is 0 Å². The molecule has 0 fully saturated rings. The summed E-state index contributed by atoms with van der Waals surface area (Å²) in [5.74, 6) is 0. The van der Waals surface area contributed by atoms with Gasteiger partial charge in [0, 0.05) is 28.0 Å². The summed E-state index contributed by atoms with van der Waals surface area (Å²) in [6, 6.07) is 54.0. The zero-order valence-corrected chi connectivity index (χ0v) is 23.8. The molecule has 3 aromatic heterocycles. The van der Waals surface area contributed by atoms with Crippen LogP contribution in [0.1, 0.15) is 0 Å². The van der Waals surface area contributed by atoms with Crippen molar-refractivity contribution in [1.29, 1.82) is 0 Å². The minimum absolute atomic E-state index is 0.812. The number of pyridine rings is 1. The van der Waals surface area contributed by atoms with Crippen LogP contribution in [-0.2, 0) is 0 Å². The predicted octanol–water partition coefficient (Wildman–Crippen LogP) is 11.1. The molecule has 0 spiro atoms. The first-order chi connectivity index (χ1) is 21.8. The molecule has 0 unspecified atom stereocenters. The Hall–Kier alpha value is -5.93. The van der Waals surface area contributed by atoms with Crippen molar-refractivity contribution in [2.24, 2.45) is 0 Å². The second-order valence-corrected chi connectivity index (χ2v) is 11.2. The highest BCUT2D eigenvalue weighted by molar-refractivity contribution is 6.10. The van der Waals surface area contributed by atoms with Crippen molar-refractivity contribution in [1.82, 2.24) is 9.55 Å². The number of aromatic nitrogens is 2. The average Bonchev–Trinajstić information content (AvgIpc) is 3.64. The first-order valence-corrected chi connectivity index (χ1v) is 14.9. The highest BCUT2D eigenvalue weighted by Crippen LogP contribution is 2.37. The third-order valence-corrected chi connectivity index (χ3v) is 8.64. The van der Waals surface area contributed by atoms with E-state index in [-0.39, 0.29) is 0 Å². The van der Waals surface area contributed by atoms with Crippen LogP contribution in [-0.4, -0.2) is 9.55 Å². The standard InChI is InChI=1S/C41H26N2O/c1-2-9-27(10-3-1)31-18-20-38-35(25-31)34-15-4-5-16-37(34)43(38)33-14-7-13-30(24-33)28-11-6-12-29(23-28)32-19-21-39-36(26-32)41-40(44-39)17-8-22-42-41/h1-26H. The normalized spacial score (nSPS) is 11.6. The van der Waals surface area contributed by atoms with Crippen LogP contribution in [0.3, 0.4) is 0 Å². The van der Waals surface area contributed by atoms with Gasteiger partial charge in [-0.1, -0.05) is 91.0 Å². The molecular formula is C41H26N2O. The quantitative estimate of drug-likeness (QED) is 0.214. The van der Waals surface area contributed by atoms with Gasteiger partial charge in [-0.3, -0.25) is 4.98 Å². The van der Waals surface area contributed by atoms with Crippen molar-refractivity contribution in [3.63, 3.8) is 0 Å². The third kappa shape index (κ3) is 3.94. The molecule has 0 aliphatic heterocycles. The van der Waals surface area contributed by atoms with Gasteiger partial charge in [-0.05, 0) is 94.0 Å². The summed E-state index contributed by atoms with van der Waals surface area (Å²) in [5.41, 5.74) is 13.2. The summed E-state index contributed by atoms with van der Waals surface area (Å²) in [7, 11) is 0. The fourth-order valence-electron chi connectivity index (χ4n) is 6.54. The molecule has 0 saturated carbocycles. The topological polar surface area (TPSA) is 31.0 Å². The molecule has 9 aromatic rings. The highest BCUT2D eigenvalue weighted by atomic mass is 16.3. The van der Waals surface area contributed by atoms with Gasteiger partial charge in [-0.2, -0.15) is 0 Å². The van der Waals surface area contributed by atoms with Crippen LogP contribution < -0.4 is 0 Å². The van der Waals surface area contributed by atoms with E-state index in [0.29, 0.717) is 0 Å². The first kappa shape index (κ1) is 24.6. The van der Waals surface area contributed by atoms with E-state index in [9.17, 15) is 0 Å². The van der Waals surface area contributed by atoms with E-state index in [2.05, 4.69) is 143 Å². The Morgan fingerprint density at radius 2 is 1.07 bits per heavy atom. The maximum atomic E-state index is 6.01. The number of fused-ring (bicyclic) bond motifs is 6. The lowest BCUT2D eigenvalue weighted by Crippen LogP contribution is -1.94. The molecule has 3 heterocycles. The summed E-state index contributed by atoms with van der Waals surface area (Å²) in [4.78, 5) is 4.57. The van der Waals surface area contributed by atoms with Gasteiger partial charge in [0.2, 0.25) is 0 Å². The van der Waals surface area contributed by atoms with Crippen molar-refractivity contribution in [3.8, 4) is 39.1 Å². The van der Waals surface area contributed by atoms with Crippen LogP contribution in [0.4, 0.5) is 0 Å². The van der Waals surface area contributed by atoms with Crippen LogP contribution in [0.25, 0.3) is 82.9 Å². The number of nitrogens with zero attached hydrogens (tertiary/aromatic N) is 2. The smallest absolute Gasteiger partial charge is 0.153 e. The predicted molar refractivity (Wildman–Crippen MR) is 182 cm³/mol. The summed E-state index contributed by atoms with van der Waals surface area (Å²) < 4.78 is 8.40. The van der Waals surface area contributed by atoms with Gasteiger partial charge in [0.15, 0.2) is 5.58 Å². The van der Waals surface area contributed by atoms with E-state index in [1.807, 2.05) is 24.4 Å². The Labute approximate surface area is 254 Å². The number of hydrogen-bond donors (Lipinski definition) is 0. The molecule has 0 bridgehead atoms. The Bertz CT molecular complexity index is 2500. The molecule has 0 aliphatic carbocycles. The molecule has 0 amide bonds. The minimum atomic E-state index is 0.812. The largest absolute Gasteiger partial charge is 0.454 e. The first-order valence-electron chi connectivity index (χ1n) is 14.9. The molecule has 3 nitrogen and oxygen atoms in total. The second kappa shape index (κ2) is 9.82. The number of rotatable bonds is 4. The zero-order chi connectivity index (χ0) is 29.0. The van der Waals surface area contributed by atoms with Crippen LogP contribution in [0.15, 0.2) is 162 Å². The van der Waals surface area contributed by atoms with E-state index in [1.54, 1.807) is 0 Å². The van der Waals surface area contributed by atoms with E-state index in [1.165, 1.54) is 44.1 Å². The van der Waals surface area contributed by atoms with Crippen molar-refractivity contribution in [2.75, 3.05) is 0 Å². The Morgan fingerprint density at radius 1 is 0.409 bits per heavy atom. The Balaban J connectivity index is 1.15. The molecule has 6 aromatic carbocycles. The van der Waals surface area contributed by atoms with Gasteiger partial charge in [-0.15, -0.1) is 0 Å². The number of hydrogen-bond acceptors (Lipinski definition) is 2. The Morgan fingerprint density at radius 3 is 1.95 bits per heavy atom. The molecule has 0 aliphatic rings. The maximum Gasteiger partial charge on any atom is 0.153 e. The van der Waals surface area contributed by atoms with Crippen molar-refractivity contribution >= 4 is 43.9 Å². The second-order valence-electron chi connectivity index (χ2n) is 11.2. The minimum Gasteiger partial charge on any atom is -0.454 e. The Kier molecular flexibility index (Phi) is 5.50. The molecule has 0 atom stereocenters. The molecule has 0 saturated heterocycles. The van der Waals surface area contributed by atoms with Gasteiger partial charge in [0.25, 0.3) is 0 Å². The molecule has 9 rings (SSSR count). The molecule has 0 N–H and O–H groups in total. The van der Waals surface area contributed by atoms with E-state index >= 15 is 0 Å². The lowest BCUT2D eigenvalue weighted by molar-refractivity contribution is 0.668. The lowest BCUT2D eigenvalue weighted by atomic mass is 9.98. The highest BCUT2D eigenvalue weighted by Gasteiger charge is 2.14. The third-order valence-electron chi connectivity index (χ3n) is 8.64. The molecule has 3 heteroatoms. The van der Waals surface area contributed by atoms with Crippen LogP contribution in [0.5, 0.6) is 0 Å². The monoisotopic (exact) mass is 562 g/mol. The van der Waals surface area contributed by atoms with E-state index < -0.39 is 0 Å². The van der Waals surface area contributed by atoms with Gasteiger partial charge in [0.05, 0.1) is 11.0 Å². The number of para-hydroxylation sites is 1. The van der Waals surface area contributed by atoms with Gasteiger partial charge in [-0.25, -0.2) is 0 Å². The van der Waals surface area contributed by atoms with Crippen LogP contribution in [0, 0.1) is 0 Å². The van der Waals surface area contributed by atoms with Crippen molar-refractivity contribution < 1.29 is 4.42 Å². The lowest BCUT2D eigenvalue weighted by Gasteiger charge is -2.12. The maximum absolute atomic E-state index is 6.01. The molecular weight excluding hydrogens is 536 g/mol. The summed E-state index contributed by atoms with van der Waals surface area (Å²) in [6.07, 6.45) is 1.82. The van der Waals surface area contributed by atoms with Gasteiger partial charge < -0.3 is 8.98 Å². The summed E-state index contributed by atoms with van der Waals surface area (Å²) in [5, 5.41) is 3.54. The van der Waals surface area contributed by atoms with Crippen LogP contribution in [0.2, 0.25) is 0 Å². The average molecular weight is 563 g/mol. The summed E-state index contributed by atoms with van der Waals surface area (Å²) in [6.45, 7) is 0. The fourth-order valence-corrected chi connectivity index (χ4v) is 6.54. The van der Waals surface area contributed by atoms with Gasteiger partial charge in [0.1, 0.15) is 11.1 Å². The number of furan rings is 1. The van der Waals surface area contributed by atoms with Crippen LogP contribution >= 0.6 is 0 Å². The van der Waals surface area contributed by atoms with E-state index in [4.69, 9.17) is 4.42 Å². The fraction of sp³-hybridized carbons (Fsp3) is 0. The summed E-state index contributed by atoms with van der Waals surface area (Å²) >= 11 is 0. The molecule has 206 valence electrons. The number of benzene rings is 6. The van der Waals surface area contributed by atoms with E-state index in [0.717, 1.165) is 38.9 Å². The van der Waals surface area contributed by atoms with Gasteiger partial charge >= 0.3 is 0 Å². The van der Waals surface area contributed by atoms with Crippen molar-refractivity contribution in [3.05, 3.63) is 158 Å². The zero-order valence-electron chi connectivity index (χ0n) is 23.8. The molecule has 44 heavy (non-hydrogen) atoms.